The number of ether oxygens (including phenoxy) is 1. The minimum absolute atomic E-state index is 0.256. The van der Waals surface area contributed by atoms with E-state index in [1.807, 2.05) is 6.07 Å². The van der Waals surface area contributed by atoms with Gasteiger partial charge < -0.3 is 9.84 Å². The van der Waals surface area contributed by atoms with Crippen molar-refractivity contribution in [2.24, 2.45) is 0 Å². The lowest BCUT2D eigenvalue weighted by Gasteiger charge is -2.44. The first-order valence-electron chi connectivity index (χ1n) is 6.95. The maximum Gasteiger partial charge on any atom is 0.119 e. The van der Waals surface area contributed by atoms with Crippen molar-refractivity contribution in [1.29, 1.82) is 0 Å². The number of phenols is 1. The second kappa shape index (κ2) is 4.90. The monoisotopic (exact) mass is 247 g/mol. The van der Waals surface area contributed by atoms with Crippen LogP contribution >= 0.6 is 0 Å². The van der Waals surface area contributed by atoms with Crippen LogP contribution in [0.4, 0.5) is 0 Å². The zero-order chi connectivity index (χ0) is 12.5. The molecule has 1 aliphatic carbocycles. The Kier molecular flexibility index (Phi) is 3.27. The Morgan fingerprint density at radius 2 is 2.28 bits per heavy atom. The number of hydrogen-bond acceptors (Lipinski definition) is 3. The third-order valence-corrected chi connectivity index (χ3v) is 4.20. The first-order valence-corrected chi connectivity index (χ1v) is 6.95. The second-order valence-corrected chi connectivity index (χ2v) is 5.34. The molecule has 1 saturated heterocycles. The van der Waals surface area contributed by atoms with Crippen molar-refractivity contribution in [3.05, 3.63) is 29.3 Å². The van der Waals surface area contributed by atoms with Gasteiger partial charge >= 0.3 is 0 Å². The Labute approximate surface area is 108 Å². The summed E-state index contributed by atoms with van der Waals surface area (Å²) in [6.07, 6.45) is 3.31. The summed E-state index contributed by atoms with van der Waals surface area (Å²) in [5, 5.41) is 9.95. The summed E-state index contributed by atoms with van der Waals surface area (Å²) >= 11 is 0. The molecule has 98 valence electrons. The number of aromatic hydroxyl groups is 1. The van der Waals surface area contributed by atoms with E-state index in [2.05, 4.69) is 17.9 Å². The topological polar surface area (TPSA) is 32.7 Å². The first kappa shape index (κ1) is 12.0. The molecule has 3 heteroatoms. The molecule has 0 bridgehead atoms. The van der Waals surface area contributed by atoms with Crippen LogP contribution in [0.15, 0.2) is 18.2 Å². The van der Waals surface area contributed by atoms with Crippen LogP contribution in [0.5, 0.6) is 5.75 Å². The molecule has 0 aromatic heterocycles. The van der Waals surface area contributed by atoms with Gasteiger partial charge in [0.25, 0.3) is 0 Å². The number of fused-ring (bicyclic) bond motifs is 2. The lowest BCUT2D eigenvalue weighted by atomic mass is 9.84. The molecule has 1 unspecified atom stereocenters. The fraction of sp³-hybridized carbons (Fsp3) is 0.600. The molecule has 2 aliphatic rings. The summed E-state index contributed by atoms with van der Waals surface area (Å²) in [4.78, 5) is 2.56. The van der Waals surface area contributed by atoms with E-state index in [9.17, 15) is 5.11 Å². The van der Waals surface area contributed by atoms with Crippen molar-refractivity contribution in [2.45, 2.75) is 38.3 Å². The van der Waals surface area contributed by atoms with E-state index in [0.29, 0.717) is 11.8 Å². The fourth-order valence-electron chi connectivity index (χ4n) is 3.33. The van der Waals surface area contributed by atoms with Crippen LogP contribution < -0.4 is 0 Å². The van der Waals surface area contributed by atoms with Crippen LogP contribution in [0.1, 0.15) is 24.5 Å². The molecule has 3 rings (SSSR count). The van der Waals surface area contributed by atoms with Crippen LogP contribution in [0.25, 0.3) is 0 Å². The third kappa shape index (κ3) is 2.02. The molecule has 0 amide bonds. The summed E-state index contributed by atoms with van der Waals surface area (Å²) in [7, 11) is 0. The molecule has 1 fully saturated rings. The Morgan fingerprint density at radius 1 is 1.39 bits per heavy atom. The van der Waals surface area contributed by atoms with Gasteiger partial charge in [0.15, 0.2) is 0 Å². The molecule has 3 nitrogen and oxygen atoms in total. The van der Waals surface area contributed by atoms with Crippen molar-refractivity contribution in [3.63, 3.8) is 0 Å². The predicted octanol–water partition coefficient (Wildman–Crippen LogP) is 1.97. The van der Waals surface area contributed by atoms with E-state index in [0.717, 1.165) is 38.1 Å². The smallest absolute Gasteiger partial charge is 0.119 e. The lowest BCUT2D eigenvalue weighted by molar-refractivity contribution is -0.0741. The minimum atomic E-state index is 0.256. The average molecular weight is 247 g/mol. The molecule has 1 N–H and O–H groups in total. The normalized spacial score (nSPS) is 27.6. The lowest BCUT2D eigenvalue weighted by Crippen LogP contribution is -2.55. The predicted molar refractivity (Wildman–Crippen MR) is 70.9 cm³/mol. The van der Waals surface area contributed by atoms with Gasteiger partial charge in [-0.25, -0.2) is 0 Å². The molecule has 0 spiro atoms. The van der Waals surface area contributed by atoms with Crippen molar-refractivity contribution < 1.29 is 9.84 Å². The highest BCUT2D eigenvalue weighted by molar-refractivity contribution is 5.42. The molecule has 0 saturated carbocycles. The van der Waals surface area contributed by atoms with E-state index in [-0.39, 0.29) is 6.10 Å². The molecule has 0 radical (unpaired) electrons. The zero-order valence-electron chi connectivity index (χ0n) is 10.9. The van der Waals surface area contributed by atoms with E-state index in [1.54, 1.807) is 6.07 Å². The number of nitrogens with zero attached hydrogens (tertiary/aromatic N) is 1. The average Bonchev–Trinajstić information content (AvgIpc) is 2.38. The number of phenolic OH excluding ortho intramolecular Hbond substituents is 1. The quantitative estimate of drug-likeness (QED) is 0.867. The van der Waals surface area contributed by atoms with Gasteiger partial charge in [0.2, 0.25) is 0 Å². The molecule has 1 aromatic carbocycles. The molecule has 1 heterocycles. The van der Waals surface area contributed by atoms with Crippen LogP contribution in [-0.2, 0) is 17.6 Å². The van der Waals surface area contributed by atoms with Gasteiger partial charge in [0.05, 0.1) is 12.7 Å². The number of benzene rings is 1. The van der Waals surface area contributed by atoms with Gasteiger partial charge in [-0.05, 0) is 36.6 Å². The van der Waals surface area contributed by atoms with Crippen LogP contribution in [0.3, 0.4) is 0 Å². The maximum absolute atomic E-state index is 9.95. The van der Waals surface area contributed by atoms with E-state index in [4.69, 9.17) is 4.74 Å². The van der Waals surface area contributed by atoms with Gasteiger partial charge in [-0.1, -0.05) is 19.1 Å². The molecular formula is C15H21NO2. The summed E-state index contributed by atoms with van der Waals surface area (Å²) in [5.41, 5.74) is 2.39. The third-order valence-electron chi connectivity index (χ3n) is 4.20. The van der Waals surface area contributed by atoms with E-state index >= 15 is 0 Å². The van der Waals surface area contributed by atoms with E-state index in [1.165, 1.54) is 12.0 Å². The van der Waals surface area contributed by atoms with Gasteiger partial charge in [-0.2, -0.15) is 0 Å². The van der Waals surface area contributed by atoms with Crippen LogP contribution in [0, 0.1) is 0 Å². The summed E-state index contributed by atoms with van der Waals surface area (Å²) in [6.45, 7) is 5.25. The number of hydrogen-bond donors (Lipinski definition) is 1. The number of morpholine rings is 1. The Balaban J connectivity index is 1.88. The summed E-state index contributed by atoms with van der Waals surface area (Å²) in [5.74, 6) is 0.433. The Hall–Kier alpha value is -1.06. The molecule has 1 aromatic rings. The van der Waals surface area contributed by atoms with Gasteiger partial charge in [-0.15, -0.1) is 0 Å². The highest BCUT2D eigenvalue weighted by Crippen LogP contribution is 2.33. The van der Waals surface area contributed by atoms with Crippen LogP contribution in [-0.4, -0.2) is 41.8 Å². The van der Waals surface area contributed by atoms with Crippen molar-refractivity contribution in [1.82, 2.24) is 4.90 Å². The van der Waals surface area contributed by atoms with Gasteiger partial charge in [0, 0.05) is 19.0 Å². The molecular weight excluding hydrogens is 226 g/mol. The van der Waals surface area contributed by atoms with Crippen molar-refractivity contribution >= 4 is 0 Å². The molecule has 1 aliphatic heterocycles. The van der Waals surface area contributed by atoms with Gasteiger partial charge in [0.1, 0.15) is 5.75 Å². The maximum atomic E-state index is 9.95. The molecule has 18 heavy (non-hydrogen) atoms. The van der Waals surface area contributed by atoms with E-state index < -0.39 is 0 Å². The first-order chi connectivity index (χ1) is 8.79. The SMILES string of the molecule is CCCN1CCO[C@@H]2Cc3c(O)cccc3CC21. The van der Waals surface area contributed by atoms with Crippen molar-refractivity contribution in [3.8, 4) is 5.75 Å². The minimum Gasteiger partial charge on any atom is -0.508 e. The van der Waals surface area contributed by atoms with Gasteiger partial charge in [-0.3, -0.25) is 4.90 Å². The second-order valence-electron chi connectivity index (χ2n) is 5.34. The highest BCUT2D eigenvalue weighted by atomic mass is 16.5. The fourth-order valence-corrected chi connectivity index (χ4v) is 3.33. The standard InChI is InChI=1S/C15H21NO2/c1-2-6-16-7-8-18-15-10-12-11(9-13(15)16)4-3-5-14(12)17/h3-5,13,15,17H,2,6-10H2,1H3/t13?,15-/m1/s1. The Bertz CT molecular complexity index is 431. The zero-order valence-corrected chi connectivity index (χ0v) is 10.9. The van der Waals surface area contributed by atoms with Crippen LogP contribution in [0.2, 0.25) is 0 Å². The highest BCUT2D eigenvalue weighted by Gasteiger charge is 2.36. The summed E-state index contributed by atoms with van der Waals surface area (Å²) in [6, 6.07) is 6.37. The number of rotatable bonds is 2. The Morgan fingerprint density at radius 3 is 3.11 bits per heavy atom. The summed E-state index contributed by atoms with van der Waals surface area (Å²) < 4.78 is 5.92. The largest absolute Gasteiger partial charge is 0.508 e. The van der Waals surface area contributed by atoms with Crippen molar-refractivity contribution in [2.75, 3.05) is 19.7 Å². The molecule has 2 atom stereocenters.